The number of hydrogen-bond acceptors (Lipinski definition) is 4. The van der Waals surface area contributed by atoms with Gasteiger partial charge in [0.25, 0.3) is 5.91 Å². The Kier molecular flexibility index (Phi) is 5.93. The molecular weight excluding hydrogens is 394 g/mol. The van der Waals surface area contributed by atoms with Crippen LogP contribution in [0.15, 0.2) is 54.6 Å². The van der Waals surface area contributed by atoms with Crippen molar-refractivity contribution in [2.75, 3.05) is 11.9 Å². The second-order valence-electron chi connectivity index (χ2n) is 8.43. The van der Waals surface area contributed by atoms with Crippen LogP contribution in [0, 0.1) is 5.92 Å². The molecule has 1 aliphatic heterocycles. The van der Waals surface area contributed by atoms with Gasteiger partial charge in [-0.25, -0.2) is 4.79 Å². The molecule has 2 fully saturated rings. The van der Waals surface area contributed by atoms with Crippen molar-refractivity contribution in [3.8, 4) is 5.75 Å². The first-order chi connectivity index (χ1) is 14.9. The van der Waals surface area contributed by atoms with E-state index in [9.17, 15) is 14.4 Å². The Morgan fingerprint density at radius 2 is 1.77 bits per heavy atom. The van der Waals surface area contributed by atoms with E-state index in [0.29, 0.717) is 36.8 Å². The number of carbonyl (C=O) groups is 3. The summed E-state index contributed by atoms with van der Waals surface area (Å²) in [7, 11) is 0. The first-order valence-electron chi connectivity index (χ1n) is 10.7. The lowest BCUT2D eigenvalue weighted by molar-refractivity contribution is -0.135. The minimum atomic E-state index is -0.832. The number of benzene rings is 2. The quantitative estimate of drug-likeness (QED) is 0.696. The third-order valence-corrected chi connectivity index (χ3v) is 6.06. The van der Waals surface area contributed by atoms with Gasteiger partial charge in [0.15, 0.2) is 0 Å². The molecule has 1 heterocycles. The van der Waals surface area contributed by atoms with Gasteiger partial charge in [0, 0.05) is 5.69 Å². The normalized spacial score (nSPS) is 23.0. The number of urea groups is 1. The number of anilines is 1. The van der Waals surface area contributed by atoms with Gasteiger partial charge in [0.1, 0.15) is 24.4 Å². The number of nitrogens with zero attached hydrogens (tertiary/aromatic N) is 1. The highest BCUT2D eigenvalue weighted by Gasteiger charge is 2.52. The first kappa shape index (κ1) is 20.9. The Balaban J connectivity index is 1.30. The summed E-state index contributed by atoms with van der Waals surface area (Å²) in [5, 5.41) is 5.58. The average Bonchev–Trinajstić information content (AvgIpc) is 3.00. The molecule has 0 atom stereocenters. The molecule has 2 aliphatic rings. The van der Waals surface area contributed by atoms with Crippen LogP contribution in [-0.2, 0) is 16.2 Å². The van der Waals surface area contributed by atoms with Crippen molar-refractivity contribution in [3.05, 3.63) is 60.2 Å². The van der Waals surface area contributed by atoms with Gasteiger partial charge in [0.05, 0.1) is 0 Å². The third-order valence-electron chi connectivity index (χ3n) is 6.06. The Labute approximate surface area is 181 Å². The average molecular weight is 421 g/mol. The summed E-state index contributed by atoms with van der Waals surface area (Å²) >= 11 is 0. The lowest BCUT2D eigenvalue weighted by Crippen LogP contribution is -2.49. The van der Waals surface area contributed by atoms with Gasteiger partial charge in [-0.2, -0.15) is 0 Å². The zero-order chi connectivity index (χ0) is 21.8. The van der Waals surface area contributed by atoms with Gasteiger partial charge in [-0.15, -0.1) is 0 Å². The van der Waals surface area contributed by atoms with Crippen LogP contribution in [-0.4, -0.2) is 34.8 Å². The summed E-state index contributed by atoms with van der Waals surface area (Å²) in [6.45, 7) is 2.31. The Morgan fingerprint density at radius 1 is 1.10 bits per heavy atom. The molecule has 0 unspecified atom stereocenters. The van der Waals surface area contributed by atoms with E-state index in [0.717, 1.165) is 23.3 Å². The molecule has 162 valence electrons. The van der Waals surface area contributed by atoms with Gasteiger partial charge < -0.3 is 15.4 Å². The van der Waals surface area contributed by atoms with E-state index in [-0.39, 0.29) is 12.5 Å². The molecule has 4 amide bonds. The maximum Gasteiger partial charge on any atom is 0.325 e. The number of carbonyl (C=O) groups excluding carboxylic acids is 3. The summed E-state index contributed by atoms with van der Waals surface area (Å²) in [6.07, 6.45) is 3.04. The number of amides is 4. The monoisotopic (exact) mass is 421 g/mol. The van der Waals surface area contributed by atoms with E-state index in [1.54, 1.807) is 24.3 Å². The second-order valence-corrected chi connectivity index (χ2v) is 8.43. The van der Waals surface area contributed by atoms with Crippen LogP contribution in [0.2, 0.25) is 0 Å². The molecule has 1 spiro atoms. The lowest BCUT2D eigenvalue weighted by Gasteiger charge is -2.33. The van der Waals surface area contributed by atoms with Gasteiger partial charge in [-0.05, 0) is 61.4 Å². The van der Waals surface area contributed by atoms with Crippen LogP contribution in [0.25, 0.3) is 0 Å². The van der Waals surface area contributed by atoms with E-state index in [1.165, 1.54) is 0 Å². The zero-order valence-corrected chi connectivity index (χ0v) is 17.6. The minimum Gasteiger partial charge on any atom is -0.489 e. The molecule has 1 saturated heterocycles. The van der Waals surface area contributed by atoms with Crippen LogP contribution in [0.4, 0.5) is 10.5 Å². The molecule has 4 rings (SSSR count). The maximum absolute atomic E-state index is 12.9. The van der Waals surface area contributed by atoms with Crippen LogP contribution < -0.4 is 15.4 Å². The molecule has 2 aromatic rings. The number of imide groups is 1. The first-order valence-corrected chi connectivity index (χ1v) is 10.7. The van der Waals surface area contributed by atoms with Crippen molar-refractivity contribution in [2.24, 2.45) is 5.92 Å². The number of ether oxygens (including phenoxy) is 1. The highest BCUT2D eigenvalue weighted by atomic mass is 16.5. The summed E-state index contributed by atoms with van der Waals surface area (Å²) < 4.78 is 5.74. The molecule has 0 aromatic heterocycles. The van der Waals surface area contributed by atoms with E-state index in [1.807, 2.05) is 30.3 Å². The molecule has 7 nitrogen and oxygen atoms in total. The Hall–Kier alpha value is -3.35. The predicted molar refractivity (Wildman–Crippen MR) is 116 cm³/mol. The lowest BCUT2D eigenvalue weighted by atomic mass is 9.77. The molecule has 1 aliphatic carbocycles. The number of rotatable bonds is 6. The third kappa shape index (κ3) is 4.71. The number of nitrogens with one attached hydrogen (secondary N) is 2. The van der Waals surface area contributed by atoms with Crippen LogP contribution in [0.3, 0.4) is 0 Å². The molecular formula is C24H27N3O4. The molecule has 0 bridgehead atoms. The van der Waals surface area contributed by atoms with Gasteiger partial charge >= 0.3 is 6.03 Å². The minimum absolute atomic E-state index is 0.288. The molecule has 2 aromatic carbocycles. The number of hydrogen-bond donors (Lipinski definition) is 2. The Morgan fingerprint density at radius 3 is 2.45 bits per heavy atom. The predicted octanol–water partition coefficient (Wildman–Crippen LogP) is 3.70. The topological polar surface area (TPSA) is 87.7 Å². The zero-order valence-electron chi connectivity index (χ0n) is 17.6. The van der Waals surface area contributed by atoms with Gasteiger partial charge in [-0.3, -0.25) is 14.5 Å². The van der Waals surface area contributed by atoms with E-state index in [4.69, 9.17) is 4.74 Å². The molecule has 7 heteroatoms. The largest absolute Gasteiger partial charge is 0.489 e. The van der Waals surface area contributed by atoms with Gasteiger partial charge in [-0.1, -0.05) is 37.3 Å². The summed E-state index contributed by atoms with van der Waals surface area (Å²) in [5.74, 6) is 0.531. The fraction of sp³-hybridized carbons (Fsp3) is 0.375. The second kappa shape index (κ2) is 8.79. The maximum atomic E-state index is 12.9. The van der Waals surface area contributed by atoms with Crippen molar-refractivity contribution >= 4 is 23.5 Å². The van der Waals surface area contributed by atoms with Crippen LogP contribution in [0.5, 0.6) is 5.75 Å². The van der Waals surface area contributed by atoms with E-state index < -0.39 is 17.5 Å². The van der Waals surface area contributed by atoms with Crippen LogP contribution >= 0.6 is 0 Å². The fourth-order valence-corrected chi connectivity index (χ4v) is 4.13. The van der Waals surface area contributed by atoms with E-state index >= 15 is 0 Å². The molecule has 0 radical (unpaired) electrons. The smallest absolute Gasteiger partial charge is 0.325 e. The van der Waals surface area contributed by atoms with Crippen molar-refractivity contribution in [1.29, 1.82) is 0 Å². The van der Waals surface area contributed by atoms with Crippen molar-refractivity contribution in [1.82, 2.24) is 10.2 Å². The highest BCUT2D eigenvalue weighted by molar-refractivity contribution is 6.10. The summed E-state index contributed by atoms with van der Waals surface area (Å²) in [5.41, 5.74) is 0.811. The van der Waals surface area contributed by atoms with Crippen molar-refractivity contribution < 1.29 is 19.1 Å². The Bertz CT molecular complexity index is 951. The SMILES string of the molecule is CC1CCC2(CC1)NC(=O)N(CC(=O)Nc1ccc(OCc3ccccc3)cc1)C2=O. The molecule has 1 saturated carbocycles. The standard InChI is InChI=1S/C24H27N3O4/c1-17-11-13-24(14-12-17)22(29)27(23(30)26-24)15-21(28)25-19-7-9-20(10-8-19)31-16-18-5-3-2-4-6-18/h2-10,17H,11-16H2,1H3,(H,25,28)(H,26,30). The summed E-state index contributed by atoms with van der Waals surface area (Å²) in [6, 6.07) is 16.4. The molecule has 2 N–H and O–H groups in total. The van der Waals surface area contributed by atoms with Crippen molar-refractivity contribution in [3.63, 3.8) is 0 Å². The van der Waals surface area contributed by atoms with Gasteiger partial charge in [0.2, 0.25) is 5.91 Å². The summed E-state index contributed by atoms with van der Waals surface area (Å²) in [4.78, 5) is 38.7. The van der Waals surface area contributed by atoms with E-state index in [2.05, 4.69) is 17.6 Å². The van der Waals surface area contributed by atoms with Crippen molar-refractivity contribution in [2.45, 2.75) is 44.8 Å². The van der Waals surface area contributed by atoms with Crippen LogP contribution in [0.1, 0.15) is 38.2 Å². The fourth-order valence-electron chi connectivity index (χ4n) is 4.13. The highest BCUT2D eigenvalue weighted by Crippen LogP contribution is 2.36. The molecule has 31 heavy (non-hydrogen) atoms.